The van der Waals surface area contributed by atoms with Gasteiger partial charge in [0.15, 0.2) is 5.11 Å². The predicted molar refractivity (Wildman–Crippen MR) is 100 cm³/mol. The molecule has 23 heavy (non-hydrogen) atoms. The maximum absolute atomic E-state index is 5.48. The van der Waals surface area contributed by atoms with Crippen LogP contribution in [0.4, 0.5) is 5.69 Å². The van der Waals surface area contributed by atoms with E-state index in [1.165, 1.54) is 0 Å². The number of anilines is 1. The first-order chi connectivity index (χ1) is 11.2. The van der Waals surface area contributed by atoms with Crippen LogP contribution >= 0.6 is 12.2 Å². The zero-order chi connectivity index (χ0) is 16.5. The van der Waals surface area contributed by atoms with Crippen LogP contribution in [-0.4, -0.2) is 17.9 Å². The van der Waals surface area contributed by atoms with Gasteiger partial charge in [-0.2, -0.15) is 5.10 Å². The van der Waals surface area contributed by atoms with Gasteiger partial charge >= 0.3 is 0 Å². The van der Waals surface area contributed by atoms with Gasteiger partial charge in [0.2, 0.25) is 0 Å². The van der Waals surface area contributed by atoms with Crippen molar-refractivity contribution in [3.8, 4) is 5.75 Å². The molecule has 0 saturated heterocycles. The molecule has 0 aliphatic carbocycles. The van der Waals surface area contributed by atoms with E-state index in [0.29, 0.717) is 11.7 Å². The van der Waals surface area contributed by atoms with Crippen LogP contribution in [0.5, 0.6) is 5.75 Å². The van der Waals surface area contributed by atoms with E-state index in [1.807, 2.05) is 55.5 Å². The molecular weight excluding hydrogens is 306 g/mol. The number of benzene rings is 2. The highest BCUT2D eigenvalue weighted by Gasteiger charge is 1.97. The fraction of sp³-hybridized carbons (Fsp3) is 0.111. The van der Waals surface area contributed by atoms with Crippen LogP contribution in [0.15, 0.2) is 66.3 Å². The van der Waals surface area contributed by atoms with Crippen molar-refractivity contribution in [3.63, 3.8) is 0 Å². The van der Waals surface area contributed by atoms with Crippen molar-refractivity contribution >= 4 is 29.2 Å². The molecule has 118 valence electrons. The molecule has 5 heteroatoms. The molecule has 0 heterocycles. The summed E-state index contributed by atoms with van der Waals surface area (Å²) in [4.78, 5) is 0. The van der Waals surface area contributed by atoms with E-state index >= 15 is 0 Å². The number of ether oxygens (including phenoxy) is 1. The van der Waals surface area contributed by atoms with Gasteiger partial charge in [-0.05, 0) is 54.5 Å². The summed E-state index contributed by atoms with van der Waals surface area (Å²) in [6.45, 7) is 6.13. The molecule has 2 aromatic rings. The van der Waals surface area contributed by atoms with Gasteiger partial charge < -0.3 is 10.1 Å². The Morgan fingerprint density at radius 3 is 2.87 bits per heavy atom. The third-order valence-corrected chi connectivity index (χ3v) is 3.07. The number of nitrogens with zero attached hydrogens (tertiary/aromatic N) is 1. The summed E-state index contributed by atoms with van der Waals surface area (Å²) < 4.78 is 5.48. The Kier molecular flexibility index (Phi) is 6.32. The summed E-state index contributed by atoms with van der Waals surface area (Å²) in [6.07, 6.45) is 3.39. The Labute approximate surface area is 141 Å². The minimum Gasteiger partial charge on any atom is -0.490 e. The first-order valence-electron chi connectivity index (χ1n) is 7.18. The highest BCUT2D eigenvalue weighted by Crippen LogP contribution is 2.12. The van der Waals surface area contributed by atoms with Crippen LogP contribution in [0.1, 0.15) is 11.1 Å². The number of aryl methyl sites for hydroxylation is 1. The Balaban J connectivity index is 1.88. The topological polar surface area (TPSA) is 45.6 Å². The van der Waals surface area contributed by atoms with E-state index in [-0.39, 0.29) is 0 Å². The molecule has 0 spiro atoms. The van der Waals surface area contributed by atoms with Crippen molar-refractivity contribution in [2.24, 2.45) is 5.10 Å². The van der Waals surface area contributed by atoms with E-state index in [1.54, 1.807) is 12.3 Å². The third kappa shape index (κ3) is 5.92. The molecule has 0 fully saturated rings. The molecule has 0 unspecified atom stereocenters. The Morgan fingerprint density at radius 2 is 2.09 bits per heavy atom. The summed E-state index contributed by atoms with van der Waals surface area (Å²) in [5.74, 6) is 0.773. The highest BCUT2D eigenvalue weighted by atomic mass is 32.1. The van der Waals surface area contributed by atoms with Crippen LogP contribution in [0, 0.1) is 6.92 Å². The van der Waals surface area contributed by atoms with Gasteiger partial charge in [0.25, 0.3) is 0 Å². The van der Waals surface area contributed by atoms with E-state index < -0.39 is 0 Å². The fourth-order valence-corrected chi connectivity index (χ4v) is 2.06. The second kappa shape index (κ2) is 8.70. The maximum atomic E-state index is 5.48. The Hall–Kier alpha value is -2.66. The maximum Gasteiger partial charge on any atom is 0.191 e. The van der Waals surface area contributed by atoms with E-state index in [0.717, 1.165) is 22.6 Å². The molecule has 0 aliphatic rings. The van der Waals surface area contributed by atoms with Gasteiger partial charge in [0, 0.05) is 5.69 Å². The molecule has 0 atom stereocenters. The summed E-state index contributed by atoms with van der Waals surface area (Å²) in [7, 11) is 0. The quantitative estimate of drug-likeness (QED) is 0.366. The number of hydrogen-bond acceptors (Lipinski definition) is 3. The predicted octanol–water partition coefficient (Wildman–Crippen LogP) is 3.88. The highest BCUT2D eigenvalue weighted by molar-refractivity contribution is 7.80. The van der Waals surface area contributed by atoms with Gasteiger partial charge in [-0.15, -0.1) is 0 Å². The van der Waals surface area contributed by atoms with Gasteiger partial charge in [0.05, 0.1) is 6.21 Å². The van der Waals surface area contributed by atoms with Crippen molar-refractivity contribution in [3.05, 3.63) is 72.3 Å². The van der Waals surface area contributed by atoms with Gasteiger partial charge in [-0.25, -0.2) is 0 Å². The lowest BCUT2D eigenvalue weighted by Gasteiger charge is -2.07. The molecular formula is C18H19N3OS. The lowest BCUT2D eigenvalue weighted by Crippen LogP contribution is -2.23. The van der Waals surface area contributed by atoms with Gasteiger partial charge in [0.1, 0.15) is 12.4 Å². The van der Waals surface area contributed by atoms with Crippen molar-refractivity contribution in [2.75, 3.05) is 11.9 Å². The molecule has 2 aromatic carbocycles. The molecule has 0 aromatic heterocycles. The third-order valence-electron chi connectivity index (χ3n) is 2.88. The Morgan fingerprint density at radius 1 is 1.26 bits per heavy atom. The summed E-state index contributed by atoms with van der Waals surface area (Å²) in [5, 5.41) is 7.64. The van der Waals surface area contributed by atoms with E-state index in [9.17, 15) is 0 Å². The lowest BCUT2D eigenvalue weighted by atomic mass is 10.2. The minimum atomic E-state index is 0.436. The largest absolute Gasteiger partial charge is 0.490 e. The molecule has 0 radical (unpaired) electrons. The molecule has 0 amide bonds. The second-order valence-electron chi connectivity index (χ2n) is 4.87. The molecule has 0 bridgehead atoms. The molecule has 0 aliphatic heterocycles. The average molecular weight is 325 g/mol. The molecule has 4 nitrogen and oxygen atoms in total. The van der Waals surface area contributed by atoms with E-state index in [2.05, 4.69) is 22.4 Å². The monoisotopic (exact) mass is 325 g/mol. The lowest BCUT2D eigenvalue weighted by molar-refractivity contribution is 0.363. The number of rotatable bonds is 6. The Bertz CT molecular complexity index is 713. The fourth-order valence-electron chi connectivity index (χ4n) is 1.89. The zero-order valence-electron chi connectivity index (χ0n) is 13.0. The molecule has 0 saturated carbocycles. The molecule has 2 rings (SSSR count). The standard InChI is InChI=1S/C18H19N3OS/c1-3-10-22-17-9-5-7-15(12-17)13-19-21-18(23)20-16-8-4-6-14(2)11-16/h3-9,11-13H,1,10H2,2H3,(H2,20,21,23)/b19-13-. The van der Waals surface area contributed by atoms with Crippen molar-refractivity contribution in [1.29, 1.82) is 0 Å². The SMILES string of the molecule is C=CCOc1cccc(/C=N\NC(=S)Nc2cccc(C)c2)c1. The second-order valence-corrected chi connectivity index (χ2v) is 5.27. The van der Waals surface area contributed by atoms with Crippen LogP contribution in [0.2, 0.25) is 0 Å². The summed E-state index contributed by atoms with van der Waals surface area (Å²) >= 11 is 5.21. The minimum absolute atomic E-state index is 0.436. The summed E-state index contributed by atoms with van der Waals surface area (Å²) in [5.41, 5.74) is 5.80. The van der Waals surface area contributed by atoms with Crippen LogP contribution in [-0.2, 0) is 0 Å². The molecule has 2 N–H and O–H groups in total. The van der Waals surface area contributed by atoms with Crippen LogP contribution in [0.3, 0.4) is 0 Å². The van der Waals surface area contributed by atoms with Gasteiger partial charge in [-0.3, -0.25) is 5.43 Å². The summed E-state index contributed by atoms with van der Waals surface area (Å²) in [6, 6.07) is 15.6. The van der Waals surface area contributed by atoms with Crippen LogP contribution < -0.4 is 15.5 Å². The first kappa shape index (κ1) is 16.7. The zero-order valence-corrected chi connectivity index (χ0v) is 13.8. The normalized spacial score (nSPS) is 10.3. The number of nitrogens with one attached hydrogen (secondary N) is 2. The number of hydrogen-bond donors (Lipinski definition) is 2. The average Bonchev–Trinajstić information content (AvgIpc) is 2.53. The number of hydrazone groups is 1. The van der Waals surface area contributed by atoms with Gasteiger partial charge in [-0.1, -0.05) is 36.9 Å². The van der Waals surface area contributed by atoms with Crippen LogP contribution in [0.25, 0.3) is 0 Å². The first-order valence-corrected chi connectivity index (χ1v) is 7.58. The van der Waals surface area contributed by atoms with E-state index in [4.69, 9.17) is 17.0 Å². The number of thiocarbonyl (C=S) groups is 1. The van der Waals surface area contributed by atoms with Crippen molar-refractivity contribution < 1.29 is 4.74 Å². The van der Waals surface area contributed by atoms with Crippen molar-refractivity contribution in [2.45, 2.75) is 6.92 Å². The van der Waals surface area contributed by atoms with Crippen molar-refractivity contribution in [1.82, 2.24) is 5.43 Å². The smallest absolute Gasteiger partial charge is 0.191 e.